The SMILES string of the molecule is Cc1ccc([N+](=O)[O-])cc1NC(=O)CCC(=O)O. The molecule has 0 saturated heterocycles. The van der Waals surface area contributed by atoms with Crippen LogP contribution in [-0.4, -0.2) is 21.9 Å². The van der Waals surface area contributed by atoms with E-state index in [1.54, 1.807) is 6.92 Å². The lowest BCUT2D eigenvalue weighted by atomic mass is 10.1. The maximum atomic E-state index is 11.4. The van der Waals surface area contributed by atoms with Gasteiger partial charge in [-0.15, -0.1) is 0 Å². The predicted molar refractivity (Wildman–Crippen MR) is 63.3 cm³/mol. The molecule has 1 rings (SSSR count). The van der Waals surface area contributed by atoms with Gasteiger partial charge in [-0.1, -0.05) is 6.07 Å². The molecule has 96 valence electrons. The Morgan fingerprint density at radius 3 is 2.61 bits per heavy atom. The minimum Gasteiger partial charge on any atom is -0.481 e. The second kappa shape index (κ2) is 5.76. The fourth-order valence-electron chi connectivity index (χ4n) is 1.29. The van der Waals surface area contributed by atoms with E-state index in [4.69, 9.17) is 5.11 Å². The van der Waals surface area contributed by atoms with Gasteiger partial charge in [0.1, 0.15) is 0 Å². The molecule has 0 aliphatic heterocycles. The zero-order valence-corrected chi connectivity index (χ0v) is 9.67. The van der Waals surface area contributed by atoms with Crippen LogP contribution >= 0.6 is 0 Å². The van der Waals surface area contributed by atoms with Gasteiger partial charge in [0.15, 0.2) is 0 Å². The van der Waals surface area contributed by atoms with Crippen molar-refractivity contribution < 1.29 is 19.6 Å². The van der Waals surface area contributed by atoms with Crippen molar-refractivity contribution in [3.05, 3.63) is 33.9 Å². The second-order valence-corrected chi connectivity index (χ2v) is 3.70. The van der Waals surface area contributed by atoms with Gasteiger partial charge < -0.3 is 10.4 Å². The highest BCUT2D eigenvalue weighted by Gasteiger charge is 2.11. The second-order valence-electron chi connectivity index (χ2n) is 3.70. The van der Waals surface area contributed by atoms with Crippen LogP contribution in [0.25, 0.3) is 0 Å². The number of non-ortho nitro benzene ring substituents is 1. The highest BCUT2D eigenvalue weighted by Crippen LogP contribution is 2.21. The third kappa shape index (κ3) is 3.85. The van der Waals surface area contributed by atoms with Crippen molar-refractivity contribution in [1.29, 1.82) is 0 Å². The van der Waals surface area contributed by atoms with Crippen LogP contribution in [0.3, 0.4) is 0 Å². The van der Waals surface area contributed by atoms with E-state index in [2.05, 4.69) is 5.32 Å². The normalized spacial score (nSPS) is 9.83. The van der Waals surface area contributed by atoms with Crippen LogP contribution in [0.2, 0.25) is 0 Å². The first kappa shape index (κ1) is 13.6. The molecule has 0 unspecified atom stereocenters. The summed E-state index contributed by atoms with van der Waals surface area (Å²) in [5.74, 6) is -1.55. The molecule has 7 nitrogen and oxygen atoms in total. The number of benzene rings is 1. The molecule has 0 radical (unpaired) electrons. The number of carbonyl (C=O) groups is 2. The summed E-state index contributed by atoms with van der Waals surface area (Å²) in [7, 11) is 0. The van der Waals surface area contributed by atoms with E-state index in [0.29, 0.717) is 11.3 Å². The van der Waals surface area contributed by atoms with Crippen LogP contribution in [0.5, 0.6) is 0 Å². The summed E-state index contributed by atoms with van der Waals surface area (Å²) in [6.45, 7) is 1.69. The fraction of sp³-hybridized carbons (Fsp3) is 0.273. The fourth-order valence-corrected chi connectivity index (χ4v) is 1.29. The van der Waals surface area contributed by atoms with Gasteiger partial charge in [0.2, 0.25) is 5.91 Å². The first-order valence-electron chi connectivity index (χ1n) is 5.17. The molecular formula is C11H12N2O5. The quantitative estimate of drug-likeness (QED) is 0.612. The topological polar surface area (TPSA) is 110 Å². The van der Waals surface area contributed by atoms with Crippen molar-refractivity contribution in [2.75, 3.05) is 5.32 Å². The summed E-state index contributed by atoms with van der Waals surface area (Å²) in [5.41, 5.74) is 0.859. The van der Waals surface area contributed by atoms with Crippen LogP contribution in [0.1, 0.15) is 18.4 Å². The summed E-state index contributed by atoms with van der Waals surface area (Å²) in [6.07, 6.45) is -0.447. The Labute approximate surface area is 103 Å². The van der Waals surface area contributed by atoms with Crippen molar-refractivity contribution in [2.24, 2.45) is 0 Å². The average Bonchev–Trinajstić information content (AvgIpc) is 2.29. The van der Waals surface area contributed by atoms with Crippen molar-refractivity contribution in [1.82, 2.24) is 0 Å². The molecule has 1 aromatic carbocycles. The number of hydrogen-bond donors (Lipinski definition) is 2. The molecule has 2 N–H and O–H groups in total. The largest absolute Gasteiger partial charge is 0.481 e. The van der Waals surface area contributed by atoms with Crippen molar-refractivity contribution in [3.8, 4) is 0 Å². The van der Waals surface area contributed by atoms with Crippen LogP contribution in [0, 0.1) is 17.0 Å². The van der Waals surface area contributed by atoms with Gasteiger partial charge in [0, 0.05) is 18.6 Å². The number of rotatable bonds is 5. The Bertz CT molecular complexity index is 498. The van der Waals surface area contributed by atoms with E-state index in [0.717, 1.165) is 0 Å². The third-order valence-electron chi connectivity index (χ3n) is 2.27. The first-order chi connectivity index (χ1) is 8.40. The van der Waals surface area contributed by atoms with E-state index in [9.17, 15) is 19.7 Å². The Morgan fingerprint density at radius 1 is 1.39 bits per heavy atom. The summed E-state index contributed by atoms with van der Waals surface area (Å²) in [6, 6.07) is 4.10. The summed E-state index contributed by atoms with van der Waals surface area (Å²) in [4.78, 5) is 31.7. The number of nitro benzene ring substituents is 1. The van der Waals surface area contributed by atoms with Crippen LogP contribution in [0.4, 0.5) is 11.4 Å². The van der Waals surface area contributed by atoms with Crippen LogP contribution in [0.15, 0.2) is 18.2 Å². The monoisotopic (exact) mass is 252 g/mol. The summed E-state index contributed by atoms with van der Waals surface area (Å²) in [5, 5.41) is 21.5. The van der Waals surface area contributed by atoms with Crippen molar-refractivity contribution in [3.63, 3.8) is 0 Å². The van der Waals surface area contributed by atoms with E-state index >= 15 is 0 Å². The van der Waals surface area contributed by atoms with Gasteiger partial charge in [-0.05, 0) is 12.5 Å². The molecule has 0 fully saturated rings. The molecule has 0 heterocycles. The lowest BCUT2D eigenvalue weighted by molar-refractivity contribution is -0.384. The molecule has 0 aliphatic carbocycles. The molecule has 1 aromatic rings. The zero-order chi connectivity index (χ0) is 13.7. The maximum Gasteiger partial charge on any atom is 0.303 e. The average molecular weight is 252 g/mol. The molecule has 0 aromatic heterocycles. The Balaban J connectivity index is 2.77. The molecular weight excluding hydrogens is 240 g/mol. The number of hydrogen-bond acceptors (Lipinski definition) is 4. The maximum absolute atomic E-state index is 11.4. The zero-order valence-electron chi connectivity index (χ0n) is 9.67. The number of carboxylic acids is 1. The number of carboxylic acid groups (broad SMARTS) is 1. The molecule has 0 saturated carbocycles. The third-order valence-corrected chi connectivity index (χ3v) is 2.27. The first-order valence-corrected chi connectivity index (χ1v) is 5.17. The van der Waals surface area contributed by atoms with E-state index in [1.165, 1.54) is 18.2 Å². The number of aliphatic carboxylic acids is 1. The van der Waals surface area contributed by atoms with Crippen molar-refractivity contribution in [2.45, 2.75) is 19.8 Å². The lowest BCUT2D eigenvalue weighted by Gasteiger charge is -2.07. The molecule has 1 amide bonds. The van der Waals surface area contributed by atoms with Gasteiger partial charge in [0.05, 0.1) is 17.0 Å². The minimum absolute atomic E-state index is 0.130. The predicted octanol–water partition coefficient (Wildman–Crippen LogP) is 1.71. The smallest absolute Gasteiger partial charge is 0.303 e. The van der Waals surface area contributed by atoms with E-state index < -0.39 is 16.8 Å². The Morgan fingerprint density at radius 2 is 2.06 bits per heavy atom. The standard InChI is InChI=1S/C11H12N2O5/c1-7-2-3-8(13(17)18)6-9(7)12-10(14)4-5-11(15)16/h2-3,6H,4-5H2,1H3,(H,12,14)(H,15,16). The molecule has 0 bridgehead atoms. The number of anilines is 1. The Kier molecular flexibility index (Phi) is 4.36. The van der Waals surface area contributed by atoms with Crippen LogP contribution in [-0.2, 0) is 9.59 Å². The summed E-state index contributed by atoms with van der Waals surface area (Å²) >= 11 is 0. The van der Waals surface area contributed by atoms with Gasteiger partial charge in [-0.25, -0.2) is 0 Å². The number of amides is 1. The highest BCUT2D eigenvalue weighted by atomic mass is 16.6. The Hall–Kier alpha value is -2.44. The minimum atomic E-state index is -1.07. The van der Waals surface area contributed by atoms with Gasteiger partial charge in [-0.3, -0.25) is 19.7 Å². The number of nitrogens with one attached hydrogen (secondary N) is 1. The summed E-state index contributed by atoms with van der Waals surface area (Å²) < 4.78 is 0. The lowest BCUT2D eigenvalue weighted by Crippen LogP contribution is -2.14. The molecule has 18 heavy (non-hydrogen) atoms. The van der Waals surface area contributed by atoms with E-state index in [-0.39, 0.29) is 18.5 Å². The molecule has 0 atom stereocenters. The molecule has 7 heteroatoms. The molecule has 0 aliphatic rings. The van der Waals surface area contributed by atoms with Crippen molar-refractivity contribution >= 4 is 23.3 Å². The number of nitrogens with zero attached hydrogens (tertiary/aromatic N) is 1. The highest BCUT2D eigenvalue weighted by molar-refractivity contribution is 5.93. The number of nitro groups is 1. The number of aryl methyl sites for hydroxylation is 1. The van der Waals surface area contributed by atoms with Crippen LogP contribution < -0.4 is 5.32 Å². The number of carbonyl (C=O) groups excluding carboxylic acids is 1. The van der Waals surface area contributed by atoms with Gasteiger partial charge in [0.25, 0.3) is 5.69 Å². The van der Waals surface area contributed by atoms with E-state index in [1.807, 2.05) is 0 Å². The van der Waals surface area contributed by atoms with Gasteiger partial charge >= 0.3 is 5.97 Å². The van der Waals surface area contributed by atoms with Gasteiger partial charge in [-0.2, -0.15) is 0 Å². The molecule has 0 spiro atoms.